The molecule has 0 radical (unpaired) electrons. The van der Waals surface area contributed by atoms with E-state index in [1.165, 1.54) is 5.01 Å². The van der Waals surface area contributed by atoms with Gasteiger partial charge in [0.05, 0.1) is 23.7 Å². The third-order valence-corrected chi connectivity index (χ3v) is 5.02. The minimum atomic E-state index is -3.42. The van der Waals surface area contributed by atoms with E-state index in [9.17, 15) is 13.2 Å². The highest BCUT2D eigenvalue weighted by atomic mass is 32.2. The van der Waals surface area contributed by atoms with Crippen LogP contribution in [-0.4, -0.2) is 31.3 Å². The molecule has 2 aromatic rings. The van der Waals surface area contributed by atoms with Crippen molar-refractivity contribution < 1.29 is 13.2 Å². The zero-order chi connectivity index (χ0) is 19.6. The van der Waals surface area contributed by atoms with Gasteiger partial charge in [0.2, 0.25) is 15.9 Å². The fourth-order valence-electron chi connectivity index (χ4n) is 3.23. The summed E-state index contributed by atoms with van der Waals surface area (Å²) in [5.74, 6) is -0.0648. The van der Waals surface area contributed by atoms with Crippen molar-refractivity contribution in [3.63, 3.8) is 0 Å². The SMILES string of the molecule is CCC(=O)N1N=C(c2ccccc2NS(C)(=O)=O)C[C@H]1c1cccc(C)c1. The summed E-state index contributed by atoms with van der Waals surface area (Å²) in [5.41, 5.74) is 3.97. The maximum Gasteiger partial charge on any atom is 0.242 e. The molecule has 1 aliphatic rings. The molecule has 0 aromatic heterocycles. The van der Waals surface area contributed by atoms with E-state index in [1.807, 2.05) is 44.2 Å². The Morgan fingerprint density at radius 1 is 1.22 bits per heavy atom. The Balaban J connectivity index is 2.02. The van der Waals surface area contributed by atoms with E-state index in [1.54, 1.807) is 12.1 Å². The number of aryl methyl sites for hydroxylation is 1. The van der Waals surface area contributed by atoms with Crippen LogP contribution in [-0.2, 0) is 14.8 Å². The molecule has 0 saturated carbocycles. The van der Waals surface area contributed by atoms with Crippen LogP contribution in [0.15, 0.2) is 53.6 Å². The zero-order valence-corrected chi connectivity index (χ0v) is 16.5. The molecular formula is C20H23N3O3S. The first-order valence-electron chi connectivity index (χ1n) is 8.82. The van der Waals surface area contributed by atoms with E-state index < -0.39 is 10.0 Å². The van der Waals surface area contributed by atoms with Crippen molar-refractivity contribution in [1.82, 2.24) is 5.01 Å². The number of rotatable bonds is 5. The lowest BCUT2D eigenvalue weighted by Crippen LogP contribution is -2.26. The smallest absolute Gasteiger partial charge is 0.242 e. The van der Waals surface area contributed by atoms with Crippen molar-refractivity contribution in [2.75, 3.05) is 11.0 Å². The quantitative estimate of drug-likeness (QED) is 0.856. The van der Waals surface area contributed by atoms with Gasteiger partial charge in [0.15, 0.2) is 0 Å². The first-order valence-corrected chi connectivity index (χ1v) is 10.7. The van der Waals surface area contributed by atoms with Gasteiger partial charge in [-0.1, -0.05) is 55.0 Å². The van der Waals surface area contributed by atoms with E-state index in [0.717, 1.165) is 17.4 Å². The lowest BCUT2D eigenvalue weighted by molar-refractivity contribution is -0.132. The zero-order valence-electron chi connectivity index (χ0n) is 15.6. The highest BCUT2D eigenvalue weighted by molar-refractivity contribution is 7.92. The maximum atomic E-state index is 12.5. The van der Waals surface area contributed by atoms with Gasteiger partial charge in [-0.3, -0.25) is 9.52 Å². The average Bonchev–Trinajstić information content (AvgIpc) is 3.05. The highest BCUT2D eigenvalue weighted by Gasteiger charge is 2.33. The second-order valence-corrected chi connectivity index (χ2v) is 8.44. The van der Waals surface area contributed by atoms with Crippen LogP contribution in [0.4, 0.5) is 5.69 Å². The Kier molecular flexibility index (Phi) is 5.32. The largest absolute Gasteiger partial charge is 0.283 e. The van der Waals surface area contributed by atoms with Gasteiger partial charge in [-0.05, 0) is 18.6 Å². The van der Waals surface area contributed by atoms with Crippen molar-refractivity contribution in [3.8, 4) is 0 Å². The Bertz CT molecular complexity index is 999. The first kappa shape index (κ1) is 19.1. The van der Waals surface area contributed by atoms with E-state index in [4.69, 9.17) is 0 Å². The van der Waals surface area contributed by atoms with Crippen LogP contribution in [0.5, 0.6) is 0 Å². The summed E-state index contributed by atoms with van der Waals surface area (Å²) in [5, 5.41) is 6.10. The van der Waals surface area contributed by atoms with Crippen molar-refractivity contribution in [2.24, 2.45) is 5.10 Å². The number of benzene rings is 2. The van der Waals surface area contributed by atoms with Crippen molar-refractivity contribution >= 4 is 27.3 Å². The Labute approximate surface area is 159 Å². The number of nitrogens with one attached hydrogen (secondary N) is 1. The predicted octanol–water partition coefficient (Wildman–Crippen LogP) is 3.45. The Hall–Kier alpha value is -2.67. The lowest BCUT2D eigenvalue weighted by atomic mass is 9.96. The van der Waals surface area contributed by atoms with Crippen LogP contribution >= 0.6 is 0 Å². The first-order chi connectivity index (χ1) is 12.8. The molecule has 3 rings (SSSR count). The van der Waals surface area contributed by atoms with Gasteiger partial charge in [-0.2, -0.15) is 5.10 Å². The van der Waals surface area contributed by atoms with Crippen LogP contribution in [0.3, 0.4) is 0 Å². The number of amides is 1. The van der Waals surface area contributed by atoms with Crippen molar-refractivity contribution in [2.45, 2.75) is 32.7 Å². The summed E-state index contributed by atoms with van der Waals surface area (Å²) < 4.78 is 25.9. The van der Waals surface area contributed by atoms with E-state index in [0.29, 0.717) is 29.8 Å². The van der Waals surface area contributed by atoms with E-state index in [-0.39, 0.29) is 11.9 Å². The average molecular weight is 385 g/mol. The number of hydrazone groups is 1. The van der Waals surface area contributed by atoms with Gasteiger partial charge < -0.3 is 0 Å². The van der Waals surface area contributed by atoms with Gasteiger partial charge in [-0.15, -0.1) is 0 Å². The molecule has 1 aliphatic heterocycles. The Morgan fingerprint density at radius 2 is 1.96 bits per heavy atom. The monoisotopic (exact) mass is 385 g/mol. The number of nitrogens with zero attached hydrogens (tertiary/aromatic N) is 2. The number of carbonyl (C=O) groups excluding carboxylic acids is 1. The number of sulfonamides is 1. The molecular weight excluding hydrogens is 362 g/mol. The van der Waals surface area contributed by atoms with Crippen LogP contribution < -0.4 is 4.72 Å². The molecule has 6 nitrogen and oxygen atoms in total. The molecule has 0 fully saturated rings. The van der Waals surface area contributed by atoms with Gasteiger partial charge in [0, 0.05) is 18.4 Å². The molecule has 1 N–H and O–H groups in total. The molecule has 7 heteroatoms. The summed E-state index contributed by atoms with van der Waals surface area (Å²) in [6.07, 6.45) is 1.99. The maximum absolute atomic E-state index is 12.5. The second-order valence-electron chi connectivity index (χ2n) is 6.69. The number of para-hydroxylation sites is 1. The fraction of sp³-hybridized carbons (Fsp3) is 0.300. The molecule has 1 atom stereocenters. The van der Waals surface area contributed by atoms with Gasteiger partial charge in [0.1, 0.15) is 0 Å². The van der Waals surface area contributed by atoms with Crippen LogP contribution in [0.2, 0.25) is 0 Å². The van der Waals surface area contributed by atoms with E-state index >= 15 is 0 Å². The number of hydrogen-bond donors (Lipinski definition) is 1. The normalized spacial score (nSPS) is 16.9. The van der Waals surface area contributed by atoms with Gasteiger partial charge in [0.25, 0.3) is 0 Å². The highest BCUT2D eigenvalue weighted by Crippen LogP contribution is 2.35. The molecule has 0 bridgehead atoms. The summed E-state index contributed by atoms with van der Waals surface area (Å²) in [6.45, 7) is 3.82. The number of anilines is 1. The van der Waals surface area contributed by atoms with Crippen molar-refractivity contribution in [1.29, 1.82) is 0 Å². The lowest BCUT2D eigenvalue weighted by Gasteiger charge is -2.21. The number of hydrogen-bond acceptors (Lipinski definition) is 4. The standard InChI is InChI=1S/C20H23N3O3S/c1-4-20(24)23-19(15-9-7-8-14(2)12-15)13-18(21-23)16-10-5-6-11-17(16)22-27(3,25)26/h5-12,19,22H,4,13H2,1-3H3/t19-/m0/s1. The summed E-state index contributed by atoms with van der Waals surface area (Å²) >= 11 is 0. The molecule has 1 amide bonds. The molecule has 0 aliphatic carbocycles. The minimum absolute atomic E-state index is 0.0648. The summed E-state index contributed by atoms with van der Waals surface area (Å²) in [7, 11) is -3.42. The predicted molar refractivity (Wildman–Crippen MR) is 107 cm³/mol. The molecule has 1 heterocycles. The third kappa shape index (κ3) is 4.36. The number of carbonyl (C=O) groups is 1. The van der Waals surface area contributed by atoms with Crippen LogP contribution in [0.25, 0.3) is 0 Å². The Morgan fingerprint density at radius 3 is 2.63 bits per heavy atom. The molecule has 0 saturated heterocycles. The van der Waals surface area contributed by atoms with Crippen LogP contribution in [0.1, 0.15) is 42.5 Å². The fourth-order valence-corrected chi connectivity index (χ4v) is 3.80. The van der Waals surface area contributed by atoms with Crippen LogP contribution in [0, 0.1) is 6.92 Å². The van der Waals surface area contributed by atoms with Gasteiger partial charge in [-0.25, -0.2) is 13.4 Å². The molecule has 0 spiro atoms. The molecule has 2 aromatic carbocycles. The molecule has 27 heavy (non-hydrogen) atoms. The van der Waals surface area contributed by atoms with E-state index in [2.05, 4.69) is 15.9 Å². The molecule has 0 unspecified atom stereocenters. The topological polar surface area (TPSA) is 78.8 Å². The summed E-state index contributed by atoms with van der Waals surface area (Å²) in [4.78, 5) is 12.5. The second kappa shape index (κ2) is 7.52. The van der Waals surface area contributed by atoms with Crippen molar-refractivity contribution in [3.05, 3.63) is 65.2 Å². The summed E-state index contributed by atoms with van der Waals surface area (Å²) in [6, 6.07) is 14.9. The molecule has 142 valence electrons. The third-order valence-electron chi connectivity index (χ3n) is 4.43. The minimum Gasteiger partial charge on any atom is -0.283 e. The van der Waals surface area contributed by atoms with Gasteiger partial charge >= 0.3 is 0 Å².